The lowest BCUT2D eigenvalue weighted by molar-refractivity contribution is -0.154. The molecule has 238 valence electrons. The Labute approximate surface area is 246 Å². The van der Waals surface area contributed by atoms with Crippen LogP contribution in [0.25, 0.3) is 0 Å². The molecule has 0 saturated carbocycles. The molecule has 4 N–H and O–H groups in total. The molecule has 4 fully saturated rings. The second kappa shape index (κ2) is 15.4. The molecule has 4 saturated heterocycles. The van der Waals surface area contributed by atoms with E-state index in [0.717, 1.165) is 0 Å². The van der Waals surface area contributed by atoms with E-state index in [9.17, 15) is 34.5 Å². The van der Waals surface area contributed by atoms with Crippen LogP contribution >= 0.6 is 0 Å². The van der Waals surface area contributed by atoms with E-state index in [1.54, 1.807) is 0 Å². The standard InChI is InChI=1S/C30H46O12/c31-27(32)6-4-2-1-3-5-22(28(33)34)23(29(35)36)8-7-17(9-18-13-39-18)24(10-19-14-40-19)25(11-20-15-41-20)26(30(37)38)12-21-16-42-21/h17-26H,1-16H2,(H,31,32)(H,33,34)(H,35,36)(H,37,38). The highest BCUT2D eigenvalue weighted by Gasteiger charge is 2.47. The zero-order valence-corrected chi connectivity index (χ0v) is 24.1. The molecule has 0 spiro atoms. The lowest BCUT2D eigenvalue weighted by atomic mass is 9.66. The Morgan fingerprint density at radius 2 is 0.976 bits per heavy atom. The number of aliphatic carboxylic acids is 4. The van der Waals surface area contributed by atoms with E-state index in [1.807, 2.05) is 0 Å². The van der Waals surface area contributed by atoms with Crippen LogP contribution in [0.5, 0.6) is 0 Å². The average molecular weight is 599 g/mol. The first kappa shape index (κ1) is 32.6. The third-order valence-electron chi connectivity index (χ3n) is 9.38. The number of ether oxygens (including phenoxy) is 4. The van der Waals surface area contributed by atoms with Gasteiger partial charge in [-0.05, 0) is 69.1 Å². The first-order valence-electron chi connectivity index (χ1n) is 15.5. The lowest BCUT2D eigenvalue weighted by Crippen LogP contribution is -2.37. The highest BCUT2D eigenvalue weighted by molar-refractivity contribution is 5.79. The fourth-order valence-electron chi connectivity index (χ4n) is 6.75. The first-order chi connectivity index (χ1) is 20.1. The van der Waals surface area contributed by atoms with E-state index in [4.69, 9.17) is 24.1 Å². The van der Waals surface area contributed by atoms with E-state index in [2.05, 4.69) is 0 Å². The number of rotatable bonds is 25. The molecular formula is C30H46O12. The molecule has 0 aromatic rings. The molecule has 4 heterocycles. The smallest absolute Gasteiger partial charge is 0.307 e. The maximum absolute atomic E-state index is 12.6. The van der Waals surface area contributed by atoms with Crippen molar-refractivity contribution in [1.29, 1.82) is 0 Å². The Morgan fingerprint density at radius 3 is 1.48 bits per heavy atom. The SMILES string of the molecule is O=C(O)CCCCCCC(C(=O)O)C(CCC(CC1CO1)C(CC1CO1)C(CC1CO1)C(CC1CO1)C(=O)O)C(=O)O. The van der Waals surface area contributed by atoms with Crippen LogP contribution in [0.1, 0.15) is 77.0 Å². The summed E-state index contributed by atoms with van der Waals surface area (Å²) in [5, 5.41) is 39.2. The summed E-state index contributed by atoms with van der Waals surface area (Å²) < 4.78 is 22.1. The van der Waals surface area contributed by atoms with Crippen LogP contribution in [0, 0.1) is 35.5 Å². The van der Waals surface area contributed by atoms with Crippen molar-refractivity contribution >= 4 is 23.9 Å². The average Bonchev–Trinajstić information content (AvgIpc) is 3.73. The van der Waals surface area contributed by atoms with E-state index >= 15 is 0 Å². The van der Waals surface area contributed by atoms with Crippen LogP contribution in [0.4, 0.5) is 0 Å². The molecule has 42 heavy (non-hydrogen) atoms. The van der Waals surface area contributed by atoms with Gasteiger partial charge in [-0.2, -0.15) is 0 Å². The zero-order valence-electron chi connectivity index (χ0n) is 24.1. The van der Waals surface area contributed by atoms with Gasteiger partial charge in [-0.25, -0.2) is 0 Å². The van der Waals surface area contributed by atoms with E-state index in [-0.39, 0.29) is 61.4 Å². The second-order valence-electron chi connectivity index (χ2n) is 12.6. The molecule has 0 aromatic carbocycles. The van der Waals surface area contributed by atoms with Crippen molar-refractivity contribution in [2.45, 2.75) is 101 Å². The minimum Gasteiger partial charge on any atom is -0.481 e. The summed E-state index contributed by atoms with van der Waals surface area (Å²) >= 11 is 0. The molecule has 0 aliphatic carbocycles. The Morgan fingerprint density at radius 1 is 0.524 bits per heavy atom. The van der Waals surface area contributed by atoms with Gasteiger partial charge in [-0.15, -0.1) is 0 Å². The molecule has 10 unspecified atom stereocenters. The van der Waals surface area contributed by atoms with Gasteiger partial charge in [0.25, 0.3) is 0 Å². The Kier molecular flexibility index (Phi) is 12.0. The minimum atomic E-state index is -1.14. The number of epoxide rings is 4. The van der Waals surface area contributed by atoms with Crippen molar-refractivity contribution in [3.63, 3.8) is 0 Å². The van der Waals surface area contributed by atoms with Crippen molar-refractivity contribution in [3.8, 4) is 0 Å². The van der Waals surface area contributed by atoms with Crippen LogP contribution < -0.4 is 0 Å². The van der Waals surface area contributed by atoms with Gasteiger partial charge in [0.05, 0.1) is 68.6 Å². The maximum atomic E-state index is 12.6. The number of carboxylic acid groups (broad SMARTS) is 4. The maximum Gasteiger partial charge on any atom is 0.307 e. The Balaban J connectivity index is 1.47. The van der Waals surface area contributed by atoms with Crippen LogP contribution in [-0.2, 0) is 38.1 Å². The van der Waals surface area contributed by atoms with Gasteiger partial charge in [0.1, 0.15) is 0 Å². The van der Waals surface area contributed by atoms with Gasteiger partial charge >= 0.3 is 23.9 Å². The first-order valence-corrected chi connectivity index (χ1v) is 15.5. The predicted octanol–water partition coefficient (Wildman–Crippen LogP) is 3.30. The second-order valence-corrected chi connectivity index (χ2v) is 12.6. The van der Waals surface area contributed by atoms with E-state index in [1.165, 1.54) is 0 Å². The van der Waals surface area contributed by atoms with E-state index in [0.29, 0.717) is 84.2 Å². The van der Waals surface area contributed by atoms with Crippen LogP contribution in [0.3, 0.4) is 0 Å². The Hall–Kier alpha value is -2.28. The van der Waals surface area contributed by atoms with Gasteiger partial charge in [0, 0.05) is 6.42 Å². The molecule has 0 aromatic heterocycles. The normalized spacial score (nSPS) is 28.1. The lowest BCUT2D eigenvalue weighted by Gasteiger charge is -2.37. The molecular weight excluding hydrogens is 552 g/mol. The fraction of sp³-hybridized carbons (Fsp3) is 0.867. The summed E-state index contributed by atoms with van der Waals surface area (Å²) in [7, 11) is 0. The number of unbranched alkanes of at least 4 members (excludes halogenated alkanes) is 3. The fourth-order valence-corrected chi connectivity index (χ4v) is 6.75. The number of carbonyl (C=O) groups is 4. The molecule has 4 rings (SSSR count). The highest BCUT2D eigenvalue weighted by atomic mass is 16.6. The summed E-state index contributed by atoms with van der Waals surface area (Å²) in [6.07, 6.45) is 5.56. The predicted molar refractivity (Wildman–Crippen MR) is 146 cm³/mol. The summed E-state index contributed by atoms with van der Waals surface area (Å²) in [6, 6.07) is 0. The van der Waals surface area contributed by atoms with Crippen LogP contribution in [0.15, 0.2) is 0 Å². The molecule has 4 aliphatic heterocycles. The Bertz CT molecular complexity index is 923. The molecule has 12 heteroatoms. The molecule has 12 nitrogen and oxygen atoms in total. The topological polar surface area (TPSA) is 199 Å². The van der Waals surface area contributed by atoms with Gasteiger partial charge in [-0.1, -0.05) is 19.3 Å². The summed E-state index contributed by atoms with van der Waals surface area (Å²) in [6.45, 7) is 2.39. The van der Waals surface area contributed by atoms with Crippen molar-refractivity contribution in [2.75, 3.05) is 26.4 Å². The third kappa shape index (κ3) is 11.1. The molecule has 0 amide bonds. The van der Waals surface area contributed by atoms with Crippen molar-refractivity contribution in [2.24, 2.45) is 35.5 Å². The monoisotopic (exact) mass is 598 g/mol. The number of hydrogen-bond acceptors (Lipinski definition) is 8. The quantitative estimate of drug-likeness (QED) is 0.0884. The van der Waals surface area contributed by atoms with Gasteiger partial charge in [-0.3, -0.25) is 19.2 Å². The van der Waals surface area contributed by atoms with Gasteiger partial charge in [0.15, 0.2) is 0 Å². The summed E-state index contributed by atoms with van der Waals surface area (Å²) in [5.74, 6) is -7.13. The van der Waals surface area contributed by atoms with E-state index < -0.39 is 41.6 Å². The van der Waals surface area contributed by atoms with Crippen LogP contribution in [-0.4, -0.2) is 95.1 Å². The van der Waals surface area contributed by atoms with Crippen molar-refractivity contribution in [1.82, 2.24) is 0 Å². The molecule has 0 bridgehead atoms. The minimum absolute atomic E-state index is 0.0103. The molecule has 0 radical (unpaired) electrons. The molecule has 10 atom stereocenters. The van der Waals surface area contributed by atoms with Crippen molar-refractivity contribution in [3.05, 3.63) is 0 Å². The largest absolute Gasteiger partial charge is 0.481 e. The molecule has 4 aliphatic rings. The van der Waals surface area contributed by atoms with Gasteiger partial charge < -0.3 is 39.4 Å². The van der Waals surface area contributed by atoms with Gasteiger partial charge in [0.2, 0.25) is 0 Å². The third-order valence-corrected chi connectivity index (χ3v) is 9.38. The highest BCUT2D eigenvalue weighted by Crippen LogP contribution is 2.46. The zero-order chi connectivity index (χ0) is 30.2. The van der Waals surface area contributed by atoms with Crippen LogP contribution in [0.2, 0.25) is 0 Å². The number of carboxylic acids is 4. The summed E-state index contributed by atoms with van der Waals surface area (Å²) in [4.78, 5) is 47.9. The summed E-state index contributed by atoms with van der Waals surface area (Å²) in [5.41, 5.74) is 0. The number of hydrogen-bond donors (Lipinski definition) is 4. The van der Waals surface area contributed by atoms with Crippen molar-refractivity contribution < 1.29 is 58.6 Å².